The highest BCUT2D eigenvalue weighted by Gasteiger charge is 2.30. The molecule has 0 bridgehead atoms. The van der Waals surface area contributed by atoms with E-state index in [-0.39, 0.29) is 5.56 Å². The number of rotatable bonds is 1. The van der Waals surface area contributed by atoms with Crippen LogP contribution in [0.3, 0.4) is 0 Å². The number of nitrogens with one attached hydrogen (secondary N) is 1. The molecule has 0 fully saturated rings. The van der Waals surface area contributed by atoms with Crippen LogP contribution < -0.4 is 5.56 Å². The molecule has 18 heavy (non-hydrogen) atoms. The molecule has 0 atom stereocenters. The Balaban J connectivity index is 2.51. The maximum atomic E-state index is 12.4. The van der Waals surface area contributed by atoms with Crippen molar-refractivity contribution in [3.8, 4) is 11.1 Å². The molecule has 0 saturated carbocycles. The summed E-state index contributed by atoms with van der Waals surface area (Å²) in [6.07, 6.45) is -2.86. The van der Waals surface area contributed by atoms with E-state index in [1.54, 1.807) is 13.0 Å². The van der Waals surface area contributed by atoms with E-state index in [0.29, 0.717) is 11.1 Å². The number of aryl methyl sites for hydroxylation is 1. The minimum absolute atomic E-state index is 0.310. The second-order valence-electron chi connectivity index (χ2n) is 3.94. The number of benzene rings is 1. The quantitative estimate of drug-likeness (QED) is 0.830. The highest BCUT2D eigenvalue weighted by molar-refractivity contribution is 5.66. The first-order valence-electron chi connectivity index (χ1n) is 5.25. The van der Waals surface area contributed by atoms with Gasteiger partial charge in [0, 0.05) is 11.8 Å². The lowest BCUT2D eigenvalue weighted by Gasteiger charge is -2.08. The number of H-pyrrole nitrogens is 1. The van der Waals surface area contributed by atoms with Crippen LogP contribution in [-0.2, 0) is 6.18 Å². The van der Waals surface area contributed by atoms with Crippen molar-refractivity contribution < 1.29 is 13.2 Å². The first-order chi connectivity index (χ1) is 8.39. The zero-order valence-corrected chi connectivity index (χ0v) is 9.51. The zero-order valence-electron chi connectivity index (χ0n) is 9.51. The molecular weight excluding hydrogens is 243 g/mol. The fraction of sp³-hybridized carbons (Fsp3) is 0.154. The average molecular weight is 253 g/mol. The molecule has 0 radical (unpaired) electrons. The van der Waals surface area contributed by atoms with Gasteiger partial charge < -0.3 is 4.98 Å². The molecule has 0 saturated heterocycles. The third-order valence-electron chi connectivity index (χ3n) is 2.67. The van der Waals surface area contributed by atoms with Gasteiger partial charge in [-0.25, -0.2) is 0 Å². The molecule has 2 nitrogen and oxygen atoms in total. The molecule has 1 heterocycles. The fourth-order valence-corrected chi connectivity index (χ4v) is 1.76. The summed E-state index contributed by atoms with van der Waals surface area (Å²) in [5, 5.41) is 0. The molecule has 94 valence electrons. The van der Waals surface area contributed by atoms with Crippen molar-refractivity contribution in [1.29, 1.82) is 0 Å². The van der Waals surface area contributed by atoms with E-state index in [1.165, 1.54) is 18.3 Å². The molecule has 0 aliphatic carbocycles. The number of hydrogen-bond donors (Lipinski definition) is 1. The molecule has 1 aromatic heterocycles. The SMILES string of the molecule is Cc1cc[nH]c(=O)c1-c1ccc(C(F)(F)F)cc1. The highest BCUT2D eigenvalue weighted by atomic mass is 19.4. The van der Waals surface area contributed by atoms with Gasteiger partial charge in [-0.3, -0.25) is 4.79 Å². The lowest BCUT2D eigenvalue weighted by atomic mass is 10.0. The van der Waals surface area contributed by atoms with E-state index in [4.69, 9.17) is 0 Å². The Hall–Kier alpha value is -2.04. The van der Waals surface area contributed by atoms with Crippen LogP contribution in [0.5, 0.6) is 0 Å². The van der Waals surface area contributed by atoms with E-state index in [0.717, 1.165) is 17.7 Å². The number of hydrogen-bond acceptors (Lipinski definition) is 1. The summed E-state index contributed by atoms with van der Waals surface area (Å²) in [6.45, 7) is 1.74. The second-order valence-corrected chi connectivity index (χ2v) is 3.94. The Morgan fingerprint density at radius 2 is 1.67 bits per heavy atom. The lowest BCUT2D eigenvalue weighted by Crippen LogP contribution is -2.10. The first kappa shape index (κ1) is 12.4. The van der Waals surface area contributed by atoms with Gasteiger partial charge in [-0.15, -0.1) is 0 Å². The van der Waals surface area contributed by atoms with Crippen LogP contribution in [0.4, 0.5) is 13.2 Å². The summed E-state index contributed by atoms with van der Waals surface area (Å²) >= 11 is 0. The van der Waals surface area contributed by atoms with Crippen LogP contribution in [0.1, 0.15) is 11.1 Å². The van der Waals surface area contributed by atoms with Gasteiger partial charge in [0.2, 0.25) is 0 Å². The van der Waals surface area contributed by atoms with E-state index in [9.17, 15) is 18.0 Å². The molecule has 0 amide bonds. The van der Waals surface area contributed by atoms with Gasteiger partial charge in [-0.05, 0) is 36.2 Å². The number of alkyl halides is 3. The van der Waals surface area contributed by atoms with Crippen LogP contribution >= 0.6 is 0 Å². The lowest BCUT2D eigenvalue weighted by molar-refractivity contribution is -0.137. The fourth-order valence-electron chi connectivity index (χ4n) is 1.76. The van der Waals surface area contributed by atoms with Gasteiger partial charge in [0.15, 0.2) is 0 Å². The number of aromatic nitrogens is 1. The van der Waals surface area contributed by atoms with Crippen LogP contribution in [-0.4, -0.2) is 4.98 Å². The summed E-state index contributed by atoms with van der Waals surface area (Å²) in [7, 11) is 0. The van der Waals surface area contributed by atoms with E-state index in [1.807, 2.05) is 0 Å². The van der Waals surface area contributed by atoms with Gasteiger partial charge in [0.1, 0.15) is 0 Å². The van der Waals surface area contributed by atoms with E-state index < -0.39 is 11.7 Å². The monoisotopic (exact) mass is 253 g/mol. The summed E-state index contributed by atoms with van der Waals surface area (Å²) in [5.74, 6) is 0. The third kappa shape index (κ3) is 2.30. The molecule has 0 aliphatic rings. The Morgan fingerprint density at radius 1 is 1.06 bits per heavy atom. The van der Waals surface area contributed by atoms with Crippen LogP contribution in [0.2, 0.25) is 0 Å². The average Bonchev–Trinajstić information content (AvgIpc) is 2.28. The number of aromatic amines is 1. The van der Waals surface area contributed by atoms with Crippen LogP contribution in [0.25, 0.3) is 11.1 Å². The highest BCUT2D eigenvalue weighted by Crippen LogP contribution is 2.30. The largest absolute Gasteiger partial charge is 0.416 e. The van der Waals surface area contributed by atoms with Crippen LogP contribution in [0.15, 0.2) is 41.3 Å². The third-order valence-corrected chi connectivity index (χ3v) is 2.67. The molecule has 1 N–H and O–H groups in total. The first-order valence-corrected chi connectivity index (χ1v) is 5.25. The second kappa shape index (κ2) is 4.33. The predicted molar refractivity (Wildman–Crippen MR) is 62.2 cm³/mol. The van der Waals surface area contributed by atoms with Gasteiger partial charge in [0.25, 0.3) is 5.56 Å². The van der Waals surface area contributed by atoms with Gasteiger partial charge in [-0.1, -0.05) is 12.1 Å². The maximum absolute atomic E-state index is 12.4. The Kier molecular flexibility index (Phi) is 2.98. The van der Waals surface area contributed by atoms with Crippen molar-refractivity contribution in [3.05, 3.63) is 58.0 Å². The van der Waals surface area contributed by atoms with Gasteiger partial charge in [-0.2, -0.15) is 13.2 Å². The molecule has 1 aromatic carbocycles. The van der Waals surface area contributed by atoms with Crippen molar-refractivity contribution in [2.45, 2.75) is 13.1 Å². The Morgan fingerprint density at radius 3 is 2.17 bits per heavy atom. The number of halogens is 3. The Bertz CT molecular complexity index is 611. The predicted octanol–water partition coefficient (Wildman–Crippen LogP) is 3.37. The minimum Gasteiger partial charge on any atom is -0.329 e. The summed E-state index contributed by atoms with van der Waals surface area (Å²) in [5.41, 5.74) is 0.554. The molecule has 0 spiro atoms. The van der Waals surface area contributed by atoms with Crippen molar-refractivity contribution >= 4 is 0 Å². The van der Waals surface area contributed by atoms with Crippen molar-refractivity contribution in [1.82, 2.24) is 4.98 Å². The summed E-state index contributed by atoms with van der Waals surface area (Å²) in [6, 6.07) is 6.26. The van der Waals surface area contributed by atoms with Gasteiger partial charge >= 0.3 is 6.18 Å². The number of pyridine rings is 1. The standard InChI is InChI=1S/C13H10F3NO/c1-8-6-7-17-12(18)11(8)9-2-4-10(5-3-9)13(14,15)16/h2-7H,1H3,(H,17,18). The molecular formula is C13H10F3NO. The van der Waals surface area contributed by atoms with Gasteiger partial charge in [0.05, 0.1) is 5.56 Å². The smallest absolute Gasteiger partial charge is 0.329 e. The van der Waals surface area contributed by atoms with Crippen molar-refractivity contribution in [3.63, 3.8) is 0 Å². The van der Waals surface area contributed by atoms with E-state index >= 15 is 0 Å². The summed E-state index contributed by atoms with van der Waals surface area (Å²) < 4.78 is 37.2. The Labute approximate surface area is 101 Å². The molecule has 2 aromatic rings. The maximum Gasteiger partial charge on any atom is 0.416 e. The molecule has 5 heteroatoms. The molecule has 0 unspecified atom stereocenters. The van der Waals surface area contributed by atoms with Crippen molar-refractivity contribution in [2.75, 3.05) is 0 Å². The van der Waals surface area contributed by atoms with Crippen molar-refractivity contribution in [2.24, 2.45) is 0 Å². The molecule has 0 aliphatic heterocycles. The summed E-state index contributed by atoms with van der Waals surface area (Å²) in [4.78, 5) is 14.2. The zero-order chi connectivity index (χ0) is 13.3. The topological polar surface area (TPSA) is 32.9 Å². The molecule has 2 rings (SSSR count). The minimum atomic E-state index is -4.36. The van der Waals surface area contributed by atoms with E-state index in [2.05, 4.69) is 4.98 Å². The van der Waals surface area contributed by atoms with Crippen LogP contribution in [0, 0.1) is 6.92 Å². The normalized spacial score (nSPS) is 11.6.